The van der Waals surface area contributed by atoms with Gasteiger partial charge in [0.2, 0.25) is 0 Å². The largest absolute Gasteiger partial charge is 0.316 e. The molecule has 0 atom stereocenters. The molecular formula is C9H11N3. The molecule has 0 radical (unpaired) electrons. The van der Waals surface area contributed by atoms with Crippen LogP contribution < -0.4 is 0 Å². The molecule has 0 fully saturated rings. The lowest BCUT2D eigenvalue weighted by Crippen LogP contribution is -1.95. The second-order valence-electron chi connectivity index (χ2n) is 2.79. The van der Waals surface area contributed by atoms with E-state index in [2.05, 4.69) is 16.9 Å². The van der Waals surface area contributed by atoms with E-state index in [0.717, 1.165) is 23.4 Å². The molecule has 2 heterocycles. The van der Waals surface area contributed by atoms with E-state index in [1.807, 2.05) is 23.7 Å². The molecule has 0 unspecified atom stereocenters. The predicted molar refractivity (Wildman–Crippen MR) is 47.9 cm³/mol. The van der Waals surface area contributed by atoms with Crippen LogP contribution in [0.25, 0.3) is 11.2 Å². The Kier molecular flexibility index (Phi) is 1.57. The number of hydrogen-bond acceptors (Lipinski definition) is 2. The molecule has 0 saturated carbocycles. The molecule has 3 nitrogen and oxygen atoms in total. The summed E-state index contributed by atoms with van der Waals surface area (Å²) in [6.45, 7) is 2.10. The summed E-state index contributed by atoms with van der Waals surface area (Å²) in [6.07, 6.45) is 2.75. The molecule has 0 aliphatic rings. The lowest BCUT2D eigenvalue weighted by Gasteiger charge is -1.95. The van der Waals surface area contributed by atoms with Gasteiger partial charge in [0, 0.05) is 19.7 Å². The van der Waals surface area contributed by atoms with Gasteiger partial charge in [0.25, 0.3) is 0 Å². The number of aromatic nitrogens is 3. The Balaban J connectivity index is 2.78. The quantitative estimate of drug-likeness (QED) is 0.635. The standard InChI is InChI=1S/C9H11N3/c1-3-8-11-7-5-4-6-10-9(7)12(8)2/h4-6H,3H2,1-2H3. The summed E-state index contributed by atoms with van der Waals surface area (Å²) in [5.41, 5.74) is 1.95. The third-order valence-electron chi connectivity index (χ3n) is 2.04. The van der Waals surface area contributed by atoms with Crippen LogP contribution in [0.2, 0.25) is 0 Å². The molecule has 0 N–H and O–H groups in total. The van der Waals surface area contributed by atoms with Crippen LogP contribution in [0.4, 0.5) is 0 Å². The van der Waals surface area contributed by atoms with E-state index in [0.29, 0.717) is 0 Å². The molecule has 2 aromatic rings. The summed E-state index contributed by atoms with van der Waals surface area (Å²) in [7, 11) is 2.00. The summed E-state index contributed by atoms with van der Waals surface area (Å²) in [6, 6.07) is 3.90. The number of imidazole rings is 1. The Hall–Kier alpha value is -1.38. The Morgan fingerprint density at radius 2 is 2.33 bits per heavy atom. The van der Waals surface area contributed by atoms with Crippen molar-refractivity contribution in [3.8, 4) is 0 Å². The van der Waals surface area contributed by atoms with Crippen LogP contribution in [0, 0.1) is 0 Å². The van der Waals surface area contributed by atoms with Crippen molar-refractivity contribution >= 4 is 11.2 Å². The van der Waals surface area contributed by atoms with Crippen LogP contribution in [0.3, 0.4) is 0 Å². The highest BCUT2D eigenvalue weighted by molar-refractivity contribution is 5.70. The molecule has 12 heavy (non-hydrogen) atoms. The minimum absolute atomic E-state index is 0.951. The van der Waals surface area contributed by atoms with E-state index in [-0.39, 0.29) is 0 Å². The SMILES string of the molecule is CCc1nc2cccnc2n1C. The number of fused-ring (bicyclic) bond motifs is 1. The maximum absolute atomic E-state index is 4.43. The van der Waals surface area contributed by atoms with Crippen molar-refractivity contribution < 1.29 is 0 Å². The first kappa shape index (κ1) is 7.28. The maximum Gasteiger partial charge on any atom is 0.159 e. The topological polar surface area (TPSA) is 30.7 Å². The average molecular weight is 161 g/mol. The van der Waals surface area contributed by atoms with Crippen molar-refractivity contribution in [2.75, 3.05) is 0 Å². The molecule has 62 valence electrons. The van der Waals surface area contributed by atoms with E-state index in [4.69, 9.17) is 0 Å². The molecule has 0 spiro atoms. The molecule has 0 aliphatic carbocycles. The van der Waals surface area contributed by atoms with Crippen molar-refractivity contribution in [3.63, 3.8) is 0 Å². The molecule has 2 rings (SSSR count). The summed E-state index contributed by atoms with van der Waals surface area (Å²) in [5, 5.41) is 0. The fourth-order valence-electron chi connectivity index (χ4n) is 1.39. The number of aryl methyl sites for hydroxylation is 2. The molecule has 3 heteroatoms. The predicted octanol–water partition coefficient (Wildman–Crippen LogP) is 1.53. The van der Waals surface area contributed by atoms with Crippen LogP contribution in [-0.4, -0.2) is 14.5 Å². The van der Waals surface area contributed by atoms with Crippen molar-refractivity contribution in [1.82, 2.24) is 14.5 Å². The summed E-state index contributed by atoms with van der Waals surface area (Å²) >= 11 is 0. The summed E-state index contributed by atoms with van der Waals surface area (Å²) in [5.74, 6) is 1.09. The van der Waals surface area contributed by atoms with Crippen molar-refractivity contribution in [2.45, 2.75) is 13.3 Å². The highest BCUT2D eigenvalue weighted by atomic mass is 15.1. The van der Waals surface area contributed by atoms with Gasteiger partial charge < -0.3 is 4.57 Å². The van der Waals surface area contributed by atoms with Gasteiger partial charge in [-0.15, -0.1) is 0 Å². The van der Waals surface area contributed by atoms with Crippen LogP contribution in [0.1, 0.15) is 12.7 Å². The van der Waals surface area contributed by atoms with Crippen molar-refractivity contribution in [3.05, 3.63) is 24.2 Å². The Bertz CT molecular complexity index is 403. The monoisotopic (exact) mass is 161 g/mol. The summed E-state index contributed by atoms with van der Waals surface area (Å²) < 4.78 is 2.04. The van der Waals surface area contributed by atoms with E-state index in [1.165, 1.54) is 0 Å². The molecule has 0 aromatic carbocycles. The summed E-state index contributed by atoms with van der Waals surface area (Å²) in [4.78, 5) is 8.68. The van der Waals surface area contributed by atoms with Crippen LogP contribution >= 0.6 is 0 Å². The number of nitrogens with zero attached hydrogens (tertiary/aromatic N) is 3. The minimum Gasteiger partial charge on any atom is -0.316 e. The van der Waals surface area contributed by atoms with Gasteiger partial charge in [-0.2, -0.15) is 0 Å². The van der Waals surface area contributed by atoms with Gasteiger partial charge in [-0.05, 0) is 12.1 Å². The van der Waals surface area contributed by atoms with Gasteiger partial charge in [-0.25, -0.2) is 9.97 Å². The smallest absolute Gasteiger partial charge is 0.159 e. The molecular weight excluding hydrogens is 150 g/mol. The zero-order chi connectivity index (χ0) is 8.55. The maximum atomic E-state index is 4.43. The molecule has 0 aliphatic heterocycles. The fraction of sp³-hybridized carbons (Fsp3) is 0.333. The Labute approximate surface area is 71.1 Å². The van der Waals surface area contributed by atoms with Gasteiger partial charge in [0.05, 0.1) is 0 Å². The van der Waals surface area contributed by atoms with Crippen LogP contribution in [0.5, 0.6) is 0 Å². The van der Waals surface area contributed by atoms with Gasteiger partial charge in [0.1, 0.15) is 11.3 Å². The first-order valence-electron chi connectivity index (χ1n) is 4.09. The number of rotatable bonds is 1. The van der Waals surface area contributed by atoms with Gasteiger partial charge in [-0.3, -0.25) is 0 Å². The highest BCUT2D eigenvalue weighted by Gasteiger charge is 2.04. The van der Waals surface area contributed by atoms with Gasteiger partial charge >= 0.3 is 0 Å². The first-order chi connectivity index (χ1) is 5.83. The number of pyridine rings is 1. The molecule has 0 amide bonds. The molecule has 0 saturated heterocycles. The first-order valence-corrected chi connectivity index (χ1v) is 4.09. The van der Waals surface area contributed by atoms with E-state index in [9.17, 15) is 0 Å². The van der Waals surface area contributed by atoms with E-state index in [1.54, 1.807) is 6.20 Å². The lowest BCUT2D eigenvalue weighted by molar-refractivity contribution is 0.821. The molecule has 0 bridgehead atoms. The van der Waals surface area contributed by atoms with Gasteiger partial charge in [0.15, 0.2) is 5.65 Å². The van der Waals surface area contributed by atoms with Gasteiger partial charge in [-0.1, -0.05) is 6.92 Å². The zero-order valence-electron chi connectivity index (χ0n) is 7.28. The van der Waals surface area contributed by atoms with E-state index >= 15 is 0 Å². The van der Waals surface area contributed by atoms with Crippen LogP contribution in [-0.2, 0) is 13.5 Å². The third kappa shape index (κ3) is 0.897. The average Bonchev–Trinajstić information content (AvgIpc) is 2.44. The van der Waals surface area contributed by atoms with E-state index < -0.39 is 0 Å². The second kappa shape index (κ2) is 2.59. The third-order valence-corrected chi connectivity index (χ3v) is 2.04. The lowest BCUT2D eigenvalue weighted by atomic mass is 10.4. The molecule has 2 aromatic heterocycles. The number of hydrogen-bond donors (Lipinski definition) is 0. The zero-order valence-corrected chi connectivity index (χ0v) is 7.28. The van der Waals surface area contributed by atoms with Crippen LogP contribution in [0.15, 0.2) is 18.3 Å². The normalized spacial score (nSPS) is 10.8. The minimum atomic E-state index is 0.951. The second-order valence-corrected chi connectivity index (χ2v) is 2.79. The Morgan fingerprint density at radius 1 is 1.50 bits per heavy atom. The van der Waals surface area contributed by atoms with Crippen molar-refractivity contribution in [2.24, 2.45) is 7.05 Å². The van der Waals surface area contributed by atoms with Crippen molar-refractivity contribution in [1.29, 1.82) is 0 Å². The Morgan fingerprint density at radius 3 is 3.00 bits per heavy atom. The fourth-order valence-corrected chi connectivity index (χ4v) is 1.39. The highest BCUT2D eigenvalue weighted by Crippen LogP contribution is 2.11.